The van der Waals surface area contributed by atoms with Gasteiger partial charge in [0.05, 0.1) is 12.1 Å². The minimum Gasteiger partial charge on any atom is -0.406 e. The largest absolute Gasteiger partial charge is 0.573 e. The molecule has 1 aromatic heterocycles. The molecule has 1 aliphatic heterocycles. The SMILES string of the molecule is O=C1C(Nc2ccc(OC(F)(F)F)cc2)=C(c2ccccc2)C(=O)N1Cc1cccnc1. The van der Waals surface area contributed by atoms with E-state index < -0.39 is 23.9 Å². The monoisotopic (exact) mass is 439 g/mol. The number of halogens is 3. The van der Waals surface area contributed by atoms with Crippen LogP contribution in [0, 0.1) is 0 Å². The quantitative estimate of drug-likeness (QED) is 0.578. The van der Waals surface area contributed by atoms with Gasteiger partial charge in [-0.15, -0.1) is 13.2 Å². The van der Waals surface area contributed by atoms with Crippen LogP contribution in [0.5, 0.6) is 5.75 Å². The van der Waals surface area contributed by atoms with Crippen molar-refractivity contribution < 1.29 is 27.5 Å². The lowest BCUT2D eigenvalue weighted by atomic mass is 10.0. The van der Waals surface area contributed by atoms with Gasteiger partial charge in [-0.2, -0.15) is 0 Å². The smallest absolute Gasteiger partial charge is 0.406 e. The summed E-state index contributed by atoms with van der Waals surface area (Å²) in [7, 11) is 0. The maximum atomic E-state index is 13.2. The van der Waals surface area contributed by atoms with Crippen LogP contribution in [0.3, 0.4) is 0 Å². The van der Waals surface area contributed by atoms with Crippen LogP contribution in [0.15, 0.2) is 84.8 Å². The zero-order chi connectivity index (χ0) is 22.7. The highest BCUT2D eigenvalue weighted by Gasteiger charge is 2.39. The molecule has 0 radical (unpaired) electrons. The zero-order valence-electron chi connectivity index (χ0n) is 16.5. The number of anilines is 1. The molecule has 32 heavy (non-hydrogen) atoms. The van der Waals surface area contributed by atoms with E-state index in [1.807, 2.05) is 0 Å². The Hall–Kier alpha value is -4.14. The number of hydrogen-bond acceptors (Lipinski definition) is 5. The number of carbonyl (C=O) groups excluding carboxylic acids is 2. The van der Waals surface area contributed by atoms with Gasteiger partial charge in [0.2, 0.25) is 0 Å². The summed E-state index contributed by atoms with van der Waals surface area (Å²) >= 11 is 0. The molecule has 2 heterocycles. The number of benzene rings is 2. The number of alkyl halides is 3. The summed E-state index contributed by atoms with van der Waals surface area (Å²) in [5, 5.41) is 2.89. The molecule has 9 heteroatoms. The minimum absolute atomic E-state index is 0.0331. The second-order valence-electron chi connectivity index (χ2n) is 6.87. The first-order valence-corrected chi connectivity index (χ1v) is 9.49. The summed E-state index contributed by atoms with van der Waals surface area (Å²) < 4.78 is 41.0. The summed E-state index contributed by atoms with van der Waals surface area (Å²) in [6, 6.07) is 17.0. The van der Waals surface area contributed by atoms with Crippen LogP contribution in [-0.4, -0.2) is 28.1 Å². The van der Waals surface area contributed by atoms with Gasteiger partial charge in [-0.3, -0.25) is 19.5 Å². The molecule has 0 bridgehead atoms. The van der Waals surface area contributed by atoms with Crippen molar-refractivity contribution in [3.63, 3.8) is 0 Å². The molecule has 2 amide bonds. The van der Waals surface area contributed by atoms with Crippen molar-refractivity contribution in [3.8, 4) is 5.75 Å². The molecule has 3 aromatic rings. The fourth-order valence-corrected chi connectivity index (χ4v) is 3.27. The number of imide groups is 1. The summed E-state index contributed by atoms with van der Waals surface area (Å²) in [4.78, 5) is 31.4. The number of nitrogens with one attached hydrogen (secondary N) is 1. The van der Waals surface area contributed by atoms with Gasteiger partial charge < -0.3 is 10.1 Å². The molecule has 2 aromatic carbocycles. The van der Waals surface area contributed by atoms with Crippen LogP contribution in [0.2, 0.25) is 0 Å². The topological polar surface area (TPSA) is 71.5 Å². The third-order valence-electron chi connectivity index (χ3n) is 4.65. The molecule has 0 saturated heterocycles. The fourth-order valence-electron chi connectivity index (χ4n) is 3.27. The Morgan fingerprint density at radius 1 is 0.906 bits per heavy atom. The summed E-state index contributed by atoms with van der Waals surface area (Å²) in [6.45, 7) is 0.0331. The van der Waals surface area contributed by atoms with E-state index in [0.717, 1.165) is 17.0 Å². The van der Waals surface area contributed by atoms with Crippen molar-refractivity contribution in [2.75, 3.05) is 5.32 Å². The van der Waals surface area contributed by atoms with E-state index in [9.17, 15) is 22.8 Å². The first-order chi connectivity index (χ1) is 15.3. The molecule has 0 atom stereocenters. The van der Waals surface area contributed by atoms with E-state index >= 15 is 0 Å². The Balaban J connectivity index is 1.65. The lowest BCUT2D eigenvalue weighted by Gasteiger charge is -2.15. The minimum atomic E-state index is -4.81. The summed E-state index contributed by atoms with van der Waals surface area (Å²) in [5.41, 5.74) is 1.76. The molecule has 0 spiro atoms. The van der Waals surface area contributed by atoms with E-state index in [0.29, 0.717) is 16.8 Å². The molecule has 1 aliphatic rings. The number of amides is 2. The fraction of sp³-hybridized carbons (Fsp3) is 0.0870. The third-order valence-corrected chi connectivity index (χ3v) is 4.65. The number of nitrogens with zero attached hydrogens (tertiary/aromatic N) is 2. The van der Waals surface area contributed by atoms with E-state index in [4.69, 9.17) is 0 Å². The van der Waals surface area contributed by atoms with Crippen LogP contribution in [-0.2, 0) is 16.1 Å². The standard InChI is InChI=1S/C23H16F3N3O3/c24-23(25,26)32-18-10-8-17(9-11-18)28-20-19(16-6-2-1-3-7-16)21(30)29(22(20)31)14-15-5-4-12-27-13-15/h1-13,28H,14H2. The van der Waals surface area contributed by atoms with Gasteiger partial charge in [0, 0.05) is 18.1 Å². The Morgan fingerprint density at radius 3 is 2.25 bits per heavy atom. The first kappa shape index (κ1) is 21.1. The molecular weight excluding hydrogens is 423 g/mol. The Bertz CT molecular complexity index is 1160. The molecule has 0 unspecified atom stereocenters. The average Bonchev–Trinajstić information content (AvgIpc) is 3.00. The molecular formula is C23H16F3N3O3. The molecule has 0 saturated carbocycles. The van der Waals surface area contributed by atoms with Crippen LogP contribution in [0.25, 0.3) is 5.57 Å². The zero-order valence-corrected chi connectivity index (χ0v) is 16.5. The highest BCUT2D eigenvalue weighted by molar-refractivity contribution is 6.36. The molecule has 162 valence electrons. The number of rotatable bonds is 6. The molecule has 6 nitrogen and oxygen atoms in total. The highest BCUT2D eigenvalue weighted by atomic mass is 19.4. The molecule has 0 aliphatic carbocycles. The number of aromatic nitrogens is 1. The van der Waals surface area contributed by atoms with Gasteiger partial charge in [-0.25, -0.2) is 0 Å². The van der Waals surface area contributed by atoms with Crippen molar-refractivity contribution in [3.05, 3.63) is 95.9 Å². The summed E-state index contributed by atoms with van der Waals surface area (Å²) in [5.74, 6) is -1.43. The predicted octanol–water partition coefficient (Wildman–Crippen LogP) is 4.37. The molecule has 0 fully saturated rings. The van der Waals surface area contributed by atoms with Gasteiger partial charge in [0.1, 0.15) is 11.4 Å². The lowest BCUT2D eigenvalue weighted by molar-refractivity contribution is -0.274. The van der Waals surface area contributed by atoms with E-state index in [-0.39, 0.29) is 17.8 Å². The van der Waals surface area contributed by atoms with Crippen LogP contribution < -0.4 is 10.1 Å². The van der Waals surface area contributed by atoms with E-state index in [1.165, 1.54) is 12.1 Å². The van der Waals surface area contributed by atoms with Crippen molar-refractivity contribution in [1.82, 2.24) is 9.88 Å². The second kappa shape index (κ2) is 8.54. The van der Waals surface area contributed by atoms with Gasteiger partial charge in [0.15, 0.2) is 0 Å². The molecule has 1 N–H and O–H groups in total. The number of carbonyl (C=O) groups is 2. The summed E-state index contributed by atoms with van der Waals surface area (Å²) in [6.07, 6.45) is -1.66. The Kier molecular flexibility index (Phi) is 5.63. The highest BCUT2D eigenvalue weighted by Crippen LogP contribution is 2.32. The average molecular weight is 439 g/mol. The van der Waals surface area contributed by atoms with E-state index in [2.05, 4.69) is 15.0 Å². The maximum Gasteiger partial charge on any atom is 0.573 e. The van der Waals surface area contributed by atoms with Crippen molar-refractivity contribution >= 4 is 23.1 Å². The lowest BCUT2D eigenvalue weighted by Crippen LogP contribution is -2.32. The first-order valence-electron chi connectivity index (χ1n) is 9.49. The maximum absolute atomic E-state index is 13.2. The van der Waals surface area contributed by atoms with Crippen LogP contribution in [0.4, 0.5) is 18.9 Å². The third kappa shape index (κ3) is 4.61. The van der Waals surface area contributed by atoms with E-state index in [1.54, 1.807) is 54.9 Å². The Labute approximate surface area is 181 Å². The van der Waals surface area contributed by atoms with Gasteiger partial charge in [-0.05, 0) is 41.5 Å². The Morgan fingerprint density at radius 2 is 1.62 bits per heavy atom. The van der Waals surface area contributed by atoms with Gasteiger partial charge >= 0.3 is 6.36 Å². The number of hydrogen-bond donors (Lipinski definition) is 1. The van der Waals surface area contributed by atoms with Crippen molar-refractivity contribution in [2.45, 2.75) is 12.9 Å². The van der Waals surface area contributed by atoms with Gasteiger partial charge in [-0.1, -0.05) is 36.4 Å². The number of ether oxygens (including phenoxy) is 1. The number of pyridine rings is 1. The van der Waals surface area contributed by atoms with Crippen molar-refractivity contribution in [2.24, 2.45) is 0 Å². The van der Waals surface area contributed by atoms with Gasteiger partial charge in [0.25, 0.3) is 11.8 Å². The molecule has 4 rings (SSSR count). The van der Waals surface area contributed by atoms with Crippen LogP contribution in [0.1, 0.15) is 11.1 Å². The van der Waals surface area contributed by atoms with Crippen molar-refractivity contribution in [1.29, 1.82) is 0 Å². The van der Waals surface area contributed by atoms with Crippen LogP contribution >= 0.6 is 0 Å². The normalized spacial score (nSPS) is 14.2. The predicted molar refractivity (Wildman–Crippen MR) is 110 cm³/mol. The second-order valence-corrected chi connectivity index (χ2v) is 6.87.